The SMILES string of the molecule is CN1CCN(C2Cc3ccc(Cl)cc3Sc3cc(F)ccc32)CC1. The number of halogens is 2. The highest BCUT2D eigenvalue weighted by molar-refractivity contribution is 7.99. The molecule has 0 aliphatic carbocycles. The van der Waals surface area contributed by atoms with Crippen LogP contribution >= 0.6 is 23.4 Å². The summed E-state index contributed by atoms with van der Waals surface area (Å²) in [5.74, 6) is -0.177. The minimum absolute atomic E-state index is 0.177. The predicted molar refractivity (Wildman–Crippen MR) is 97.5 cm³/mol. The first-order valence-corrected chi connectivity index (χ1v) is 9.48. The van der Waals surface area contributed by atoms with Gasteiger partial charge in [-0.3, -0.25) is 4.90 Å². The molecule has 0 amide bonds. The molecule has 1 atom stereocenters. The predicted octanol–water partition coefficient (Wildman–Crippen LogP) is 4.47. The van der Waals surface area contributed by atoms with E-state index in [1.165, 1.54) is 11.1 Å². The molecular weight excluding hydrogens is 343 g/mol. The van der Waals surface area contributed by atoms with E-state index in [2.05, 4.69) is 22.9 Å². The molecule has 0 bridgehead atoms. The number of likely N-dealkylation sites (N-methyl/N-ethyl adjacent to an activating group) is 1. The van der Waals surface area contributed by atoms with Crippen molar-refractivity contribution < 1.29 is 4.39 Å². The molecule has 2 aliphatic heterocycles. The van der Waals surface area contributed by atoms with E-state index in [1.807, 2.05) is 18.2 Å². The van der Waals surface area contributed by atoms with Crippen LogP contribution < -0.4 is 0 Å². The van der Waals surface area contributed by atoms with E-state index in [0.29, 0.717) is 6.04 Å². The van der Waals surface area contributed by atoms with Crippen molar-refractivity contribution in [3.8, 4) is 0 Å². The van der Waals surface area contributed by atoms with Crippen LogP contribution in [0.4, 0.5) is 4.39 Å². The van der Waals surface area contributed by atoms with Crippen LogP contribution in [0.25, 0.3) is 0 Å². The van der Waals surface area contributed by atoms with E-state index < -0.39 is 0 Å². The Morgan fingerprint density at radius 2 is 1.83 bits per heavy atom. The van der Waals surface area contributed by atoms with Crippen LogP contribution in [0.1, 0.15) is 17.2 Å². The maximum absolute atomic E-state index is 13.8. The van der Waals surface area contributed by atoms with Gasteiger partial charge in [0.2, 0.25) is 0 Å². The van der Waals surface area contributed by atoms with E-state index in [4.69, 9.17) is 11.6 Å². The molecule has 0 aromatic heterocycles. The van der Waals surface area contributed by atoms with E-state index in [9.17, 15) is 4.39 Å². The zero-order chi connectivity index (χ0) is 16.7. The summed E-state index contributed by atoms with van der Waals surface area (Å²) in [6, 6.07) is 11.6. The molecule has 0 radical (unpaired) electrons. The summed E-state index contributed by atoms with van der Waals surface area (Å²) >= 11 is 7.82. The van der Waals surface area contributed by atoms with Crippen molar-refractivity contribution in [2.75, 3.05) is 33.2 Å². The lowest BCUT2D eigenvalue weighted by atomic mass is 9.96. The largest absolute Gasteiger partial charge is 0.304 e. The Kier molecular flexibility index (Phi) is 4.56. The highest BCUT2D eigenvalue weighted by Gasteiger charge is 2.29. The Balaban J connectivity index is 1.76. The third-order valence-corrected chi connectivity index (χ3v) is 6.38. The second-order valence-corrected chi connectivity index (χ2v) is 8.12. The van der Waals surface area contributed by atoms with Crippen LogP contribution in [0.3, 0.4) is 0 Å². The van der Waals surface area contributed by atoms with Crippen molar-refractivity contribution in [1.29, 1.82) is 0 Å². The average molecular weight is 363 g/mol. The smallest absolute Gasteiger partial charge is 0.124 e. The third-order valence-electron chi connectivity index (χ3n) is 4.98. The van der Waals surface area contributed by atoms with Crippen LogP contribution in [0, 0.1) is 5.82 Å². The monoisotopic (exact) mass is 362 g/mol. The Morgan fingerprint density at radius 3 is 2.62 bits per heavy atom. The molecule has 2 aliphatic rings. The molecule has 1 unspecified atom stereocenters. The summed E-state index contributed by atoms with van der Waals surface area (Å²) < 4.78 is 13.8. The van der Waals surface area contributed by atoms with Gasteiger partial charge in [0.15, 0.2) is 0 Å². The zero-order valence-corrected chi connectivity index (χ0v) is 15.2. The highest BCUT2D eigenvalue weighted by Crippen LogP contribution is 2.44. The van der Waals surface area contributed by atoms with Crippen molar-refractivity contribution in [2.45, 2.75) is 22.3 Å². The number of hydrogen-bond donors (Lipinski definition) is 0. The van der Waals surface area contributed by atoms with Crippen LogP contribution in [0.2, 0.25) is 5.02 Å². The maximum Gasteiger partial charge on any atom is 0.124 e. The summed E-state index contributed by atoms with van der Waals surface area (Å²) in [5.41, 5.74) is 2.53. The molecule has 1 fully saturated rings. The van der Waals surface area contributed by atoms with Gasteiger partial charge >= 0.3 is 0 Å². The second-order valence-electron chi connectivity index (χ2n) is 6.60. The van der Waals surface area contributed by atoms with Gasteiger partial charge in [0.05, 0.1) is 0 Å². The van der Waals surface area contributed by atoms with Crippen molar-refractivity contribution in [3.05, 3.63) is 58.4 Å². The van der Waals surface area contributed by atoms with Crippen molar-refractivity contribution >= 4 is 23.4 Å². The lowest BCUT2D eigenvalue weighted by Gasteiger charge is -2.38. The van der Waals surface area contributed by atoms with Gasteiger partial charge in [0, 0.05) is 47.0 Å². The van der Waals surface area contributed by atoms with E-state index in [0.717, 1.165) is 47.4 Å². The Bertz CT molecular complexity index is 759. The summed E-state index contributed by atoms with van der Waals surface area (Å²) in [6.07, 6.45) is 0.946. The van der Waals surface area contributed by atoms with Crippen molar-refractivity contribution in [3.63, 3.8) is 0 Å². The summed E-state index contributed by atoms with van der Waals surface area (Å²) in [4.78, 5) is 7.06. The second kappa shape index (κ2) is 6.68. The number of hydrogen-bond acceptors (Lipinski definition) is 3. The standard InChI is InChI=1S/C19H20ClFN2S/c1-22-6-8-23(9-7-22)17-10-13-2-3-14(20)11-18(13)24-19-12-15(21)4-5-16(17)19/h2-5,11-12,17H,6-10H2,1H3. The first-order chi connectivity index (χ1) is 11.6. The third kappa shape index (κ3) is 3.21. The lowest BCUT2D eigenvalue weighted by molar-refractivity contribution is 0.110. The minimum Gasteiger partial charge on any atom is -0.304 e. The van der Waals surface area contributed by atoms with Crippen molar-refractivity contribution in [1.82, 2.24) is 9.80 Å². The van der Waals surface area contributed by atoms with E-state index >= 15 is 0 Å². The van der Waals surface area contributed by atoms with Crippen LogP contribution in [-0.4, -0.2) is 43.0 Å². The van der Waals surface area contributed by atoms with E-state index in [1.54, 1.807) is 23.9 Å². The van der Waals surface area contributed by atoms with Gasteiger partial charge < -0.3 is 4.90 Å². The molecule has 0 spiro atoms. The number of benzene rings is 2. The summed E-state index contributed by atoms with van der Waals surface area (Å²) in [6.45, 7) is 4.25. The normalized spacial score (nSPS) is 21.9. The number of rotatable bonds is 1. The van der Waals surface area contributed by atoms with Gasteiger partial charge in [-0.1, -0.05) is 35.5 Å². The minimum atomic E-state index is -0.177. The number of piperazine rings is 1. The van der Waals surface area contributed by atoms with Gasteiger partial charge in [0.25, 0.3) is 0 Å². The molecule has 2 nitrogen and oxygen atoms in total. The molecule has 0 saturated carbocycles. The highest BCUT2D eigenvalue weighted by atomic mass is 35.5. The Hall–Kier alpha value is -1.07. The molecule has 4 rings (SSSR count). The van der Waals surface area contributed by atoms with Gasteiger partial charge in [-0.05, 0) is 48.9 Å². The molecule has 126 valence electrons. The van der Waals surface area contributed by atoms with Crippen LogP contribution in [-0.2, 0) is 6.42 Å². The fourth-order valence-corrected chi connectivity index (χ4v) is 5.00. The summed E-state index contributed by atoms with van der Waals surface area (Å²) in [5, 5.41) is 0.734. The molecule has 24 heavy (non-hydrogen) atoms. The molecule has 0 N–H and O–H groups in total. The Morgan fingerprint density at radius 1 is 1.04 bits per heavy atom. The fraction of sp³-hybridized carbons (Fsp3) is 0.368. The number of nitrogens with zero attached hydrogens (tertiary/aromatic N) is 2. The average Bonchev–Trinajstić information content (AvgIpc) is 2.71. The van der Waals surface area contributed by atoms with Gasteiger partial charge in [0.1, 0.15) is 5.82 Å². The van der Waals surface area contributed by atoms with Crippen LogP contribution in [0.15, 0.2) is 46.2 Å². The fourth-order valence-electron chi connectivity index (χ4n) is 3.56. The molecule has 2 aromatic rings. The quantitative estimate of drug-likeness (QED) is 0.738. The van der Waals surface area contributed by atoms with Gasteiger partial charge in [-0.2, -0.15) is 0 Å². The topological polar surface area (TPSA) is 6.48 Å². The van der Waals surface area contributed by atoms with Crippen LogP contribution in [0.5, 0.6) is 0 Å². The maximum atomic E-state index is 13.8. The first kappa shape index (κ1) is 16.4. The molecular formula is C19H20ClFN2S. The zero-order valence-electron chi connectivity index (χ0n) is 13.6. The van der Waals surface area contributed by atoms with E-state index in [-0.39, 0.29) is 5.82 Å². The Labute approximate surface area is 151 Å². The van der Waals surface area contributed by atoms with Crippen molar-refractivity contribution in [2.24, 2.45) is 0 Å². The molecule has 1 saturated heterocycles. The van der Waals surface area contributed by atoms with Gasteiger partial charge in [-0.25, -0.2) is 4.39 Å². The number of fused-ring (bicyclic) bond motifs is 2. The molecule has 5 heteroatoms. The first-order valence-electron chi connectivity index (χ1n) is 8.28. The molecule has 2 aromatic carbocycles. The molecule has 2 heterocycles. The lowest BCUT2D eigenvalue weighted by Crippen LogP contribution is -2.46. The summed E-state index contributed by atoms with van der Waals surface area (Å²) in [7, 11) is 2.17. The van der Waals surface area contributed by atoms with Gasteiger partial charge in [-0.15, -0.1) is 0 Å².